The van der Waals surface area contributed by atoms with E-state index in [-0.39, 0.29) is 0 Å². The number of rotatable bonds is 4. The lowest BCUT2D eigenvalue weighted by Gasteiger charge is -2.20. The zero-order valence-electron chi connectivity index (χ0n) is 10.8. The Morgan fingerprint density at radius 1 is 1.41 bits per heavy atom. The van der Waals surface area contributed by atoms with Crippen LogP contribution in [0.5, 0.6) is 5.75 Å². The minimum Gasteiger partial charge on any atom is -0.497 e. The Morgan fingerprint density at radius 2 is 2.24 bits per heavy atom. The number of methoxy groups -OCH3 is 1. The fourth-order valence-corrected chi connectivity index (χ4v) is 2.62. The van der Waals surface area contributed by atoms with E-state index in [9.17, 15) is 0 Å². The molecule has 1 aromatic rings. The molecule has 0 aromatic heterocycles. The SMILES string of the molecule is CCCC1CCN(c2cc(N)cc(OC)c2)C1. The van der Waals surface area contributed by atoms with E-state index in [0.29, 0.717) is 0 Å². The number of benzene rings is 1. The Labute approximate surface area is 104 Å². The highest BCUT2D eigenvalue weighted by molar-refractivity contribution is 5.61. The van der Waals surface area contributed by atoms with Gasteiger partial charge >= 0.3 is 0 Å². The van der Waals surface area contributed by atoms with Gasteiger partial charge in [-0.15, -0.1) is 0 Å². The zero-order valence-corrected chi connectivity index (χ0v) is 10.8. The first-order chi connectivity index (χ1) is 8.22. The lowest BCUT2D eigenvalue weighted by atomic mass is 10.0. The van der Waals surface area contributed by atoms with E-state index in [1.165, 1.54) is 24.9 Å². The Morgan fingerprint density at radius 3 is 2.94 bits per heavy atom. The highest BCUT2D eigenvalue weighted by atomic mass is 16.5. The number of hydrogen-bond donors (Lipinski definition) is 1. The van der Waals surface area contributed by atoms with Crippen LogP contribution in [0.15, 0.2) is 18.2 Å². The second-order valence-corrected chi connectivity index (χ2v) is 4.85. The Bertz CT molecular complexity index is 378. The molecule has 1 aromatic carbocycles. The second kappa shape index (κ2) is 5.30. The van der Waals surface area contributed by atoms with Gasteiger partial charge in [-0.1, -0.05) is 13.3 Å². The van der Waals surface area contributed by atoms with E-state index in [1.807, 2.05) is 12.1 Å². The molecule has 1 aliphatic rings. The fourth-order valence-electron chi connectivity index (χ4n) is 2.62. The topological polar surface area (TPSA) is 38.5 Å². The quantitative estimate of drug-likeness (QED) is 0.814. The van der Waals surface area contributed by atoms with Crippen LogP contribution < -0.4 is 15.4 Å². The molecule has 0 bridgehead atoms. The van der Waals surface area contributed by atoms with Gasteiger partial charge in [0, 0.05) is 36.6 Å². The van der Waals surface area contributed by atoms with Gasteiger partial charge < -0.3 is 15.4 Å². The molecule has 17 heavy (non-hydrogen) atoms. The van der Waals surface area contributed by atoms with Crippen molar-refractivity contribution in [3.8, 4) is 5.75 Å². The first-order valence-corrected chi connectivity index (χ1v) is 6.42. The summed E-state index contributed by atoms with van der Waals surface area (Å²) in [7, 11) is 1.68. The van der Waals surface area contributed by atoms with Crippen LogP contribution in [0, 0.1) is 5.92 Å². The number of anilines is 2. The molecular formula is C14H22N2O. The Kier molecular flexibility index (Phi) is 3.77. The molecule has 1 atom stereocenters. The number of nitrogens with two attached hydrogens (primary N) is 1. The van der Waals surface area contributed by atoms with E-state index >= 15 is 0 Å². The summed E-state index contributed by atoms with van der Waals surface area (Å²) < 4.78 is 5.26. The molecule has 0 spiro atoms. The van der Waals surface area contributed by atoms with Crippen LogP contribution in [0.4, 0.5) is 11.4 Å². The predicted molar refractivity (Wildman–Crippen MR) is 72.6 cm³/mol. The Hall–Kier alpha value is -1.38. The third-order valence-corrected chi connectivity index (χ3v) is 3.50. The smallest absolute Gasteiger partial charge is 0.122 e. The number of nitrogens with zero attached hydrogens (tertiary/aromatic N) is 1. The van der Waals surface area contributed by atoms with Gasteiger partial charge in [0.05, 0.1) is 7.11 Å². The highest BCUT2D eigenvalue weighted by Gasteiger charge is 2.22. The van der Waals surface area contributed by atoms with Crippen molar-refractivity contribution < 1.29 is 4.74 Å². The van der Waals surface area contributed by atoms with E-state index in [1.54, 1.807) is 7.11 Å². The predicted octanol–water partition coefficient (Wildman–Crippen LogP) is 2.90. The maximum absolute atomic E-state index is 5.89. The van der Waals surface area contributed by atoms with Crippen molar-refractivity contribution in [1.82, 2.24) is 0 Å². The average Bonchev–Trinajstić information content (AvgIpc) is 2.77. The molecule has 3 nitrogen and oxygen atoms in total. The maximum atomic E-state index is 5.89. The standard InChI is InChI=1S/C14H22N2O/c1-3-4-11-5-6-16(10-11)13-7-12(15)8-14(9-13)17-2/h7-9,11H,3-6,10,15H2,1-2H3. The van der Waals surface area contributed by atoms with Crippen LogP contribution in [0.1, 0.15) is 26.2 Å². The first-order valence-electron chi connectivity index (χ1n) is 6.42. The molecule has 94 valence electrons. The van der Waals surface area contributed by atoms with E-state index in [0.717, 1.165) is 30.4 Å². The van der Waals surface area contributed by atoms with E-state index in [4.69, 9.17) is 10.5 Å². The van der Waals surface area contributed by atoms with Gasteiger partial charge in [0.2, 0.25) is 0 Å². The molecule has 1 unspecified atom stereocenters. The summed E-state index contributed by atoms with van der Waals surface area (Å²) in [6, 6.07) is 5.98. The normalized spacial score (nSPS) is 19.6. The van der Waals surface area contributed by atoms with Crippen LogP contribution in [0.2, 0.25) is 0 Å². The molecule has 2 N–H and O–H groups in total. The van der Waals surface area contributed by atoms with Gasteiger partial charge in [0.15, 0.2) is 0 Å². The molecular weight excluding hydrogens is 212 g/mol. The van der Waals surface area contributed by atoms with Gasteiger partial charge in [-0.05, 0) is 24.8 Å². The lowest BCUT2D eigenvalue weighted by molar-refractivity contribution is 0.415. The van der Waals surface area contributed by atoms with Crippen molar-refractivity contribution >= 4 is 11.4 Å². The van der Waals surface area contributed by atoms with Gasteiger partial charge in [-0.3, -0.25) is 0 Å². The molecule has 0 saturated carbocycles. The summed E-state index contributed by atoms with van der Waals surface area (Å²) >= 11 is 0. The molecule has 1 saturated heterocycles. The second-order valence-electron chi connectivity index (χ2n) is 4.85. The van der Waals surface area contributed by atoms with Crippen LogP contribution >= 0.6 is 0 Å². The van der Waals surface area contributed by atoms with Crippen molar-refractivity contribution in [3.05, 3.63) is 18.2 Å². The summed E-state index contributed by atoms with van der Waals surface area (Å²) in [6.07, 6.45) is 3.90. The van der Waals surface area contributed by atoms with Crippen LogP contribution in [0.3, 0.4) is 0 Å². The number of ether oxygens (including phenoxy) is 1. The number of hydrogen-bond acceptors (Lipinski definition) is 3. The summed E-state index contributed by atoms with van der Waals surface area (Å²) in [4.78, 5) is 2.42. The molecule has 2 rings (SSSR count). The largest absolute Gasteiger partial charge is 0.497 e. The molecule has 3 heteroatoms. The zero-order chi connectivity index (χ0) is 12.3. The molecule has 0 amide bonds. The monoisotopic (exact) mass is 234 g/mol. The molecule has 1 fully saturated rings. The third kappa shape index (κ3) is 2.84. The fraction of sp³-hybridized carbons (Fsp3) is 0.571. The number of nitrogen functional groups attached to an aromatic ring is 1. The highest BCUT2D eigenvalue weighted by Crippen LogP contribution is 2.30. The van der Waals surface area contributed by atoms with Crippen molar-refractivity contribution in [2.75, 3.05) is 30.8 Å². The van der Waals surface area contributed by atoms with Gasteiger partial charge in [0.25, 0.3) is 0 Å². The molecule has 0 radical (unpaired) electrons. The van der Waals surface area contributed by atoms with Crippen molar-refractivity contribution in [2.45, 2.75) is 26.2 Å². The van der Waals surface area contributed by atoms with Crippen LogP contribution in [0.25, 0.3) is 0 Å². The van der Waals surface area contributed by atoms with Crippen molar-refractivity contribution in [1.29, 1.82) is 0 Å². The molecule has 1 heterocycles. The van der Waals surface area contributed by atoms with Crippen LogP contribution in [-0.2, 0) is 0 Å². The van der Waals surface area contributed by atoms with Crippen molar-refractivity contribution in [3.63, 3.8) is 0 Å². The van der Waals surface area contributed by atoms with Gasteiger partial charge in [-0.25, -0.2) is 0 Å². The van der Waals surface area contributed by atoms with E-state index < -0.39 is 0 Å². The summed E-state index contributed by atoms with van der Waals surface area (Å²) in [6.45, 7) is 4.55. The molecule has 0 aliphatic carbocycles. The summed E-state index contributed by atoms with van der Waals surface area (Å²) in [5.74, 6) is 1.69. The molecule has 1 aliphatic heterocycles. The third-order valence-electron chi connectivity index (χ3n) is 3.50. The summed E-state index contributed by atoms with van der Waals surface area (Å²) in [5.41, 5.74) is 7.86. The average molecular weight is 234 g/mol. The first kappa shape index (κ1) is 12.1. The van der Waals surface area contributed by atoms with Crippen molar-refractivity contribution in [2.24, 2.45) is 5.92 Å². The minimum absolute atomic E-state index is 0.776. The van der Waals surface area contributed by atoms with Crippen LogP contribution in [-0.4, -0.2) is 20.2 Å². The van der Waals surface area contributed by atoms with Gasteiger partial charge in [0.1, 0.15) is 5.75 Å². The summed E-state index contributed by atoms with van der Waals surface area (Å²) in [5, 5.41) is 0. The van der Waals surface area contributed by atoms with E-state index in [2.05, 4.69) is 17.9 Å². The maximum Gasteiger partial charge on any atom is 0.122 e. The van der Waals surface area contributed by atoms with Gasteiger partial charge in [-0.2, -0.15) is 0 Å². The minimum atomic E-state index is 0.776. The Balaban J connectivity index is 2.10. The lowest BCUT2D eigenvalue weighted by Crippen LogP contribution is -2.19.